The quantitative estimate of drug-likeness (QED) is 0.209. The number of rotatable bonds is 8. The number of carbonyl (C=O) groups excluding carboxylic acids is 1. The number of benzene rings is 3. The highest BCUT2D eigenvalue weighted by molar-refractivity contribution is 6.01. The summed E-state index contributed by atoms with van der Waals surface area (Å²) in [5.74, 6) is 0.257. The average Bonchev–Trinajstić information content (AvgIpc) is 3.57. The van der Waals surface area contributed by atoms with Gasteiger partial charge < -0.3 is 14.0 Å². The molecule has 0 spiro atoms. The van der Waals surface area contributed by atoms with Gasteiger partial charge in [0.05, 0.1) is 29.9 Å². The maximum atomic E-state index is 13.3. The SMILES string of the molecule is CCOC(=O)c1c(CCC#N)c2cc(-c3ccc(C(F)(F)F)cc3)ccc2n1-c1ccc(OC2CCCC2)cc1. The van der Waals surface area contributed by atoms with Crippen LogP contribution in [0.1, 0.15) is 60.6 Å². The number of hydrogen-bond acceptors (Lipinski definition) is 4. The molecule has 40 heavy (non-hydrogen) atoms. The number of aryl methyl sites for hydroxylation is 1. The van der Waals surface area contributed by atoms with E-state index in [9.17, 15) is 23.2 Å². The molecule has 0 N–H and O–H groups in total. The molecule has 1 aliphatic carbocycles. The van der Waals surface area contributed by atoms with E-state index in [-0.39, 0.29) is 19.1 Å². The molecule has 8 heteroatoms. The summed E-state index contributed by atoms with van der Waals surface area (Å²) in [6, 6.07) is 20.2. The summed E-state index contributed by atoms with van der Waals surface area (Å²) in [5, 5.41) is 10.1. The van der Waals surface area contributed by atoms with Crippen molar-refractivity contribution in [1.29, 1.82) is 5.26 Å². The Kier molecular flexibility index (Phi) is 7.83. The Balaban J connectivity index is 1.63. The molecule has 1 aliphatic rings. The van der Waals surface area contributed by atoms with Crippen LogP contribution in [-0.4, -0.2) is 23.2 Å². The van der Waals surface area contributed by atoms with E-state index in [2.05, 4.69) is 6.07 Å². The summed E-state index contributed by atoms with van der Waals surface area (Å²) in [6.45, 7) is 1.92. The highest BCUT2D eigenvalue weighted by atomic mass is 19.4. The van der Waals surface area contributed by atoms with E-state index in [0.717, 1.165) is 47.3 Å². The minimum Gasteiger partial charge on any atom is -0.490 e. The number of ether oxygens (including phenoxy) is 2. The van der Waals surface area contributed by atoms with Gasteiger partial charge in [-0.3, -0.25) is 0 Å². The maximum Gasteiger partial charge on any atom is 0.416 e. The molecule has 0 atom stereocenters. The highest BCUT2D eigenvalue weighted by Crippen LogP contribution is 2.36. The summed E-state index contributed by atoms with van der Waals surface area (Å²) in [5.41, 5.74) is 3.06. The number of nitrogens with zero attached hydrogens (tertiary/aromatic N) is 2. The van der Waals surface area contributed by atoms with Crippen molar-refractivity contribution in [2.75, 3.05) is 6.61 Å². The van der Waals surface area contributed by atoms with Crippen LogP contribution < -0.4 is 4.74 Å². The Bertz CT molecular complexity index is 1540. The summed E-state index contributed by atoms with van der Waals surface area (Å²) in [7, 11) is 0. The van der Waals surface area contributed by atoms with E-state index in [4.69, 9.17) is 9.47 Å². The van der Waals surface area contributed by atoms with Crippen molar-refractivity contribution in [3.63, 3.8) is 0 Å². The van der Waals surface area contributed by atoms with E-state index in [1.807, 2.05) is 47.0 Å². The van der Waals surface area contributed by atoms with Crippen LogP contribution in [0.4, 0.5) is 13.2 Å². The zero-order valence-corrected chi connectivity index (χ0v) is 22.1. The van der Waals surface area contributed by atoms with Gasteiger partial charge in [0.1, 0.15) is 11.4 Å². The van der Waals surface area contributed by atoms with Gasteiger partial charge >= 0.3 is 12.1 Å². The molecule has 4 aromatic rings. The zero-order valence-electron chi connectivity index (χ0n) is 22.1. The number of esters is 1. The van der Waals surface area contributed by atoms with Crippen LogP contribution in [0.15, 0.2) is 66.7 Å². The second kappa shape index (κ2) is 11.5. The minimum atomic E-state index is -4.42. The molecule has 3 aromatic carbocycles. The topological polar surface area (TPSA) is 64.2 Å². The lowest BCUT2D eigenvalue weighted by molar-refractivity contribution is -0.137. The number of fused-ring (bicyclic) bond motifs is 1. The number of hydrogen-bond donors (Lipinski definition) is 0. The number of alkyl halides is 3. The molecule has 1 aromatic heterocycles. The fourth-order valence-electron chi connectivity index (χ4n) is 5.38. The van der Waals surface area contributed by atoms with Gasteiger partial charge in [-0.2, -0.15) is 18.4 Å². The van der Waals surface area contributed by atoms with Crippen molar-refractivity contribution in [1.82, 2.24) is 4.57 Å². The van der Waals surface area contributed by atoms with E-state index in [0.29, 0.717) is 28.8 Å². The lowest BCUT2D eigenvalue weighted by atomic mass is 9.99. The second-order valence-electron chi connectivity index (χ2n) is 9.87. The van der Waals surface area contributed by atoms with Crippen LogP contribution in [0.2, 0.25) is 0 Å². The predicted molar refractivity (Wildman–Crippen MR) is 146 cm³/mol. The van der Waals surface area contributed by atoms with Gasteiger partial charge in [0.25, 0.3) is 0 Å². The monoisotopic (exact) mass is 546 g/mol. The second-order valence-corrected chi connectivity index (χ2v) is 9.87. The molecule has 206 valence electrons. The first-order valence-electron chi connectivity index (χ1n) is 13.5. The standard InChI is InChI=1S/C32H29F3N2O3/c1-2-39-31(38)30-27(8-5-19-36)28-20-22(21-9-12-23(13-10-21)32(33,34)35)11-18-29(28)37(30)24-14-16-26(17-15-24)40-25-6-3-4-7-25/h9-18,20,25H,2-8H2,1H3. The smallest absolute Gasteiger partial charge is 0.416 e. The van der Waals surface area contributed by atoms with Crippen LogP contribution in [0.5, 0.6) is 5.75 Å². The van der Waals surface area contributed by atoms with Gasteiger partial charge in [0.2, 0.25) is 0 Å². The van der Waals surface area contributed by atoms with Gasteiger partial charge in [-0.05, 0) is 104 Å². The van der Waals surface area contributed by atoms with Crippen LogP contribution in [0.25, 0.3) is 27.7 Å². The molecular weight excluding hydrogens is 517 g/mol. The Hall–Kier alpha value is -4.25. The number of carbonyl (C=O) groups is 1. The summed E-state index contributed by atoms with van der Waals surface area (Å²) < 4.78 is 52.7. The molecule has 0 aliphatic heterocycles. The van der Waals surface area contributed by atoms with Crippen molar-refractivity contribution in [3.05, 3.63) is 83.6 Å². The van der Waals surface area contributed by atoms with E-state index in [1.165, 1.54) is 25.0 Å². The molecule has 1 saturated carbocycles. The molecule has 0 amide bonds. The zero-order chi connectivity index (χ0) is 28.3. The number of halogens is 3. The third kappa shape index (κ3) is 5.55. The first-order chi connectivity index (χ1) is 19.3. The molecule has 5 nitrogen and oxygen atoms in total. The highest BCUT2D eigenvalue weighted by Gasteiger charge is 2.30. The van der Waals surface area contributed by atoms with Gasteiger partial charge in [-0.1, -0.05) is 18.2 Å². The third-order valence-corrected chi connectivity index (χ3v) is 7.27. The Morgan fingerprint density at radius 3 is 2.30 bits per heavy atom. The van der Waals surface area contributed by atoms with Crippen molar-refractivity contribution < 1.29 is 27.4 Å². The normalized spacial score (nSPS) is 13.9. The molecule has 1 fully saturated rings. The largest absolute Gasteiger partial charge is 0.490 e. The number of aromatic nitrogens is 1. The fourth-order valence-corrected chi connectivity index (χ4v) is 5.38. The summed E-state index contributed by atoms with van der Waals surface area (Å²) in [4.78, 5) is 13.3. The Morgan fingerprint density at radius 2 is 1.68 bits per heavy atom. The van der Waals surface area contributed by atoms with Crippen LogP contribution in [0.3, 0.4) is 0 Å². The number of nitriles is 1. The first-order valence-corrected chi connectivity index (χ1v) is 13.5. The fraction of sp³-hybridized carbons (Fsp3) is 0.312. The molecular formula is C32H29F3N2O3. The van der Waals surface area contributed by atoms with Gasteiger partial charge in [-0.25, -0.2) is 4.79 Å². The van der Waals surface area contributed by atoms with Crippen molar-refractivity contribution in [2.24, 2.45) is 0 Å². The molecule has 0 saturated heterocycles. The average molecular weight is 547 g/mol. The lowest BCUT2D eigenvalue weighted by Crippen LogP contribution is -2.14. The van der Waals surface area contributed by atoms with Crippen LogP contribution in [0, 0.1) is 11.3 Å². The third-order valence-electron chi connectivity index (χ3n) is 7.27. The molecule has 0 bridgehead atoms. The minimum absolute atomic E-state index is 0.184. The molecule has 5 rings (SSSR count). The maximum absolute atomic E-state index is 13.3. The Labute approximate surface area is 230 Å². The van der Waals surface area contributed by atoms with Crippen LogP contribution in [-0.2, 0) is 17.3 Å². The summed E-state index contributed by atoms with van der Waals surface area (Å²) >= 11 is 0. The molecule has 0 unspecified atom stereocenters. The summed E-state index contributed by atoms with van der Waals surface area (Å²) in [6.07, 6.45) is 0.714. The van der Waals surface area contributed by atoms with E-state index < -0.39 is 17.7 Å². The van der Waals surface area contributed by atoms with Gasteiger partial charge in [0, 0.05) is 17.5 Å². The molecule has 1 heterocycles. The predicted octanol–water partition coefficient (Wildman–Crippen LogP) is 8.27. The Morgan fingerprint density at radius 1 is 1.00 bits per heavy atom. The van der Waals surface area contributed by atoms with Crippen LogP contribution >= 0.6 is 0 Å². The van der Waals surface area contributed by atoms with Crippen molar-refractivity contribution >= 4 is 16.9 Å². The van der Waals surface area contributed by atoms with Crippen molar-refractivity contribution in [2.45, 2.75) is 57.7 Å². The first kappa shape index (κ1) is 27.3. The van der Waals surface area contributed by atoms with E-state index >= 15 is 0 Å². The van der Waals surface area contributed by atoms with E-state index in [1.54, 1.807) is 6.92 Å². The van der Waals surface area contributed by atoms with Crippen molar-refractivity contribution in [3.8, 4) is 28.6 Å². The molecule has 0 radical (unpaired) electrons. The van der Waals surface area contributed by atoms with Gasteiger partial charge in [0.15, 0.2) is 0 Å². The van der Waals surface area contributed by atoms with Gasteiger partial charge in [-0.15, -0.1) is 0 Å². The lowest BCUT2D eigenvalue weighted by Gasteiger charge is -2.15.